The number of carboxylic acids is 1. The molecule has 0 radical (unpaired) electrons. The third-order valence-corrected chi connectivity index (χ3v) is 5.79. The Morgan fingerprint density at radius 3 is 2.87 bits per heavy atom. The molecule has 31 heavy (non-hydrogen) atoms. The van der Waals surface area contributed by atoms with Crippen molar-refractivity contribution >= 4 is 35.3 Å². The summed E-state index contributed by atoms with van der Waals surface area (Å²) in [5.74, 6) is 0.0373. The van der Waals surface area contributed by atoms with Crippen molar-refractivity contribution in [2.45, 2.75) is 49.4 Å². The number of carboxylic acid groups (broad SMARTS) is 1. The summed E-state index contributed by atoms with van der Waals surface area (Å²) in [5, 5.41) is 9.50. The van der Waals surface area contributed by atoms with Crippen molar-refractivity contribution < 1.29 is 28.9 Å². The molecule has 1 aliphatic rings. The number of hydrogen-bond acceptors (Lipinski definition) is 9. The number of esters is 1. The van der Waals surface area contributed by atoms with E-state index in [2.05, 4.69) is 15.0 Å². The van der Waals surface area contributed by atoms with E-state index in [1.54, 1.807) is 19.4 Å². The van der Waals surface area contributed by atoms with Gasteiger partial charge in [0.05, 0.1) is 12.8 Å². The van der Waals surface area contributed by atoms with E-state index in [0.29, 0.717) is 27.7 Å². The first kappa shape index (κ1) is 23.1. The number of methoxy groups -OCH3 is 1. The Balaban J connectivity index is 1.62. The van der Waals surface area contributed by atoms with Crippen molar-refractivity contribution in [3.8, 4) is 11.6 Å². The van der Waals surface area contributed by atoms with Gasteiger partial charge in [-0.15, -0.1) is 0 Å². The number of thioether (sulfide) groups is 1. The van der Waals surface area contributed by atoms with Gasteiger partial charge >= 0.3 is 11.9 Å². The van der Waals surface area contributed by atoms with E-state index in [9.17, 15) is 9.59 Å². The minimum Gasteiger partial charge on any atom is -0.496 e. The van der Waals surface area contributed by atoms with E-state index in [1.165, 1.54) is 11.8 Å². The molecule has 0 bridgehead atoms. The second-order valence-electron chi connectivity index (χ2n) is 6.69. The summed E-state index contributed by atoms with van der Waals surface area (Å²) in [6.45, 7) is -0.290. The third kappa shape index (κ3) is 6.44. The highest BCUT2D eigenvalue weighted by atomic mass is 35.5. The first-order chi connectivity index (χ1) is 15.0. The Hall–Kier alpha value is -2.59. The maximum atomic E-state index is 11.7. The highest BCUT2D eigenvalue weighted by molar-refractivity contribution is 7.98. The maximum absolute atomic E-state index is 11.7. The molecule has 2 aromatic rings. The van der Waals surface area contributed by atoms with Crippen LogP contribution in [0.15, 0.2) is 17.4 Å². The number of ether oxygens (including phenoxy) is 3. The van der Waals surface area contributed by atoms with Gasteiger partial charge in [0, 0.05) is 35.9 Å². The zero-order valence-corrected chi connectivity index (χ0v) is 18.5. The summed E-state index contributed by atoms with van der Waals surface area (Å²) >= 11 is 7.58. The molecular formula is C20H22ClN3O6S. The first-order valence-corrected chi connectivity index (χ1v) is 11.0. The molecule has 0 aromatic carbocycles. The van der Waals surface area contributed by atoms with Crippen molar-refractivity contribution in [3.63, 3.8) is 0 Å². The summed E-state index contributed by atoms with van der Waals surface area (Å²) in [6.07, 6.45) is 4.31. The molecule has 0 unspecified atom stereocenters. The lowest BCUT2D eigenvalue weighted by Crippen LogP contribution is -2.13. The van der Waals surface area contributed by atoms with Crippen LogP contribution in [0.2, 0.25) is 5.15 Å². The second-order valence-corrected chi connectivity index (χ2v) is 7.99. The SMILES string of the molecule is COc1ccnc(Cl)c1CSc1nc2c(c(OCOC(=O)CCCC(=O)O)n1)CCC2. The fourth-order valence-corrected chi connectivity index (χ4v) is 4.25. The molecule has 1 aliphatic carbocycles. The van der Waals surface area contributed by atoms with Gasteiger partial charge in [0.15, 0.2) is 5.16 Å². The van der Waals surface area contributed by atoms with Crippen LogP contribution in [-0.2, 0) is 32.9 Å². The van der Waals surface area contributed by atoms with Crippen molar-refractivity contribution in [2.24, 2.45) is 0 Å². The lowest BCUT2D eigenvalue weighted by atomic mass is 10.2. The number of fused-ring (bicyclic) bond motifs is 1. The van der Waals surface area contributed by atoms with E-state index >= 15 is 0 Å². The number of hydrogen-bond donors (Lipinski definition) is 1. The number of halogens is 1. The first-order valence-electron chi connectivity index (χ1n) is 9.68. The third-order valence-electron chi connectivity index (χ3n) is 4.59. The molecule has 0 spiro atoms. The topological polar surface area (TPSA) is 121 Å². The van der Waals surface area contributed by atoms with Crippen LogP contribution in [0.5, 0.6) is 11.6 Å². The minimum atomic E-state index is -0.948. The number of carbonyl (C=O) groups is 2. The van der Waals surface area contributed by atoms with Gasteiger partial charge in [-0.2, -0.15) is 4.98 Å². The predicted molar refractivity (Wildman–Crippen MR) is 112 cm³/mol. The van der Waals surface area contributed by atoms with Crippen LogP contribution in [0, 0.1) is 0 Å². The molecule has 3 rings (SSSR count). The highest BCUT2D eigenvalue weighted by Gasteiger charge is 2.21. The standard InChI is InChI=1S/C20H22ClN3O6S/c1-28-15-8-9-22-18(21)13(15)10-31-20-23-14-5-2-4-12(14)19(24-20)30-11-29-17(27)7-3-6-16(25)26/h8-9H,2-7,10-11H2,1H3,(H,25,26). The Morgan fingerprint density at radius 1 is 1.26 bits per heavy atom. The van der Waals surface area contributed by atoms with Crippen molar-refractivity contribution in [1.82, 2.24) is 15.0 Å². The number of aliphatic carboxylic acids is 1. The normalized spacial score (nSPS) is 12.3. The number of aryl methyl sites for hydroxylation is 1. The Labute approximate surface area is 188 Å². The van der Waals surface area contributed by atoms with E-state index < -0.39 is 11.9 Å². The molecule has 0 atom stereocenters. The Bertz CT molecular complexity index is 959. The Kier molecular flexibility index (Phi) is 8.30. The molecule has 0 saturated heterocycles. The van der Waals surface area contributed by atoms with Gasteiger partial charge in [0.1, 0.15) is 10.9 Å². The Morgan fingerprint density at radius 2 is 2.10 bits per heavy atom. The van der Waals surface area contributed by atoms with E-state index in [4.69, 9.17) is 30.9 Å². The van der Waals surface area contributed by atoms with Crippen LogP contribution in [0.3, 0.4) is 0 Å². The van der Waals surface area contributed by atoms with Gasteiger partial charge < -0.3 is 19.3 Å². The van der Waals surface area contributed by atoms with Crippen LogP contribution in [0.4, 0.5) is 0 Å². The van der Waals surface area contributed by atoms with E-state index in [-0.39, 0.29) is 26.1 Å². The average molecular weight is 468 g/mol. The molecule has 11 heteroatoms. The molecular weight excluding hydrogens is 446 g/mol. The largest absolute Gasteiger partial charge is 0.496 e. The summed E-state index contributed by atoms with van der Waals surface area (Å²) in [5.41, 5.74) is 2.59. The van der Waals surface area contributed by atoms with Gasteiger partial charge in [-0.3, -0.25) is 9.59 Å². The lowest BCUT2D eigenvalue weighted by molar-refractivity contribution is -0.150. The fourth-order valence-electron chi connectivity index (χ4n) is 3.08. The monoisotopic (exact) mass is 467 g/mol. The molecule has 2 aromatic heterocycles. The van der Waals surface area contributed by atoms with E-state index in [0.717, 1.165) is 36.1 Å². The summed E-state index contributed by atoms with van der Waals surface area (Å²) < 4.78 is 16.0. The quantitative estimate of drug-likeness (QED) is 0.173. The summed E-state index contributed by atoms with van der Waals surface area (Å²) in [4.78, 5) is 35.4. The van der Waals surface area contributed by atoms with Gasteiger partial charge in [0.2, 0.25) is 12.7 Å². The molecule has 9 nitrogen and oxygen atoms in total. The minimum absolute atomic E-state index is 0.0202. The van der Waals surface area contributed by atoms with E-state index in [1.807, 2.05) is 0 Å². The fraction of sp³-hybridized carbons (Fsp3) is 0.450. The van der Waals surface area contributed by atoms with Crippen LogP contribution in [0.25, 0.3) is 0 Å². The van der Waals surface area contributed by atoms with Crippen LogP contribution in [0.1, 0.15) is 42.5 Å². The highest BCUT2D eigenvalue weighted by Crippen LogP contribution is 2.34. The zero-order chi connectivity index (χ0) is 22.2. The van der Waals surface area contributed by atoms with Crippen LogP contribution >= 0.6 is 23.4 Å². The smallest absolute Gasteiger partial charge is 0.308 e. The molecule has 0 fully saturated rings. The molecule has 166 valence electrons. The number of carbonyl (C=O) groups excluding carboxylic acids is 1. The number of rotatable bonds is 11. The van der Waals surface area contributed by atoms with Gasteiger partial charge in [-0.25, -0.2) is 9.97 Å². The summed E-state index contributed by atoms with van der Waals surface area (Å²) in [6, 6.07) is 1.74. The van der Waals surface area contributed by atoms with Gasteiger partial charge in [-0.1, -0.05) is 23.4 Å². The lowest BCUT2D eigenvalue weighted by Gasteiger charge is -2.12. The molecule has 0 saturated carbocycles. The van der Waals surface area contributed by atoms with Crippen LogP contribution < -0.4 is 9.47 Å². The molecule has 0 amide bonds. The van der Waals surface area contributed by atoms with Crippen molar-refractivity contribution in [2.75, 3.05) is 13.9 Å². The number of nitrogens with zero attached hydrogens (tertiary/aromatic N) is 3. The van der Waals surface area contributed by atoms with Gasteiger partial charge in [-0.05, 0) is 31.7 Å². The van der Waals surface area contributed by atoms with Crippen molar-refractivity contribution in [1.29, 1.82) is 0 Å². The van der Waals surface area contributed by atoms with Crippen LogP contribution in [-0.4, -0.2) is 45.9 Å². The zero-order valence-electron chi connectivity index (χ0n) is 16.9. The van der Waals surface area contributed by atoms with Gasteiger partial charge in [0.25, 0.3) is 0 Å². The number of aromatic nitrogens is 3. The summed E-state index contributed by atoms with van der Waals surface area (Å²) in [7, 11) is 1.57. The average Bonchev–Trinajstić information content (AvgIpc) is 3.21. The number of pyridine rings is 1. The predicted octanol–water partition coefficient (Wildman–Crippen LogP) is 3.45. The molecule has 0 aliphatic heterocycles. The molecule has 1 N–H and O–H groups in total. The molecule has 2 heterocycles. The maximum Gasteiger partial charge on any atom is 0.308 e. The van der Waals surface area contributed by atoms with Crippen molar-refractivity contribution in [3.05, 3.63) is 34.2 Å². The second kappa shape index (κ2) is 11.1.